The van der Waals surface area contributed by atoms with Crippen LogP contribution in [0.25, 0.3) is 5.69 Å². The SMILES string of the molecule is CN(CCCC(=O)Nc1ccccc1-n1ccnn1)S(=O)(=O)c1ccc(F)cc1. The minimum Gasteiger partial charge on any atom is -0.324 e. The Labute approximate surface area is 168 Å². The smallest absolute Gasteiger partial charge is 0.242 e. The molecule has 0 atom stereocenters. The van der Waals surface area contributed by atoms with Crippen molar-refractivity contribution in [2.24, 2.45) is 0 Å². The quantitative estimate of drug-likeness (QED) is 0.607. The summed E-state index contributed by atoms with van der Waals surface area (Å²) in [6.07, 6.45) is 3.67. The summed E-state index contributed by atoms with van der Waals surface area (Å²) >= 11 is 0. The van der Waals surface area contributed by atoms with Gasteiger partial charge in [-0.05, 0) is 42.8 Å². The van der Waals surface area contributed by atoms with Crippen molar-refractivity contribution in [3.63, 3.8) is 0 Å². The third kappa shape index (κ3) is 5.04. The van der Waals surface area contributed by atoms with Crippen LogP contribution in [0.4, 0.5) is 10.1 Å². The number of benzene rings is 2. The fraction of sp³-hybridized carbons (Fsp3) is 0.211. The highest BCUT2D eigenvalue weighted by atomic mass is 32.2. The molecule has 8 nitrogen and oxygen atoms in total. The molecular weight excluding hydrogens is 397 g/mol. The molecule has 0 bridgehead atoms. The molecule has 3 rings (SSSR count). The molecule has 0 unspecified atom stereocenters. The summed E-state index contributed by atoms with van der Waals surface area (Å²) < 4.78 is 40.6. The molecule has 0 aliphatic carbocycles. The van der Waals surface area contributed by atoms with E-state index < -0.39 is 15.8 Å². The van der Waals surface area contributed by atoms with Crippen molar-refractivity contribution < 1.29 is 17.6 Å². The summed E-state index contributed by atoms with van der Waals surface area (Å²) in [6, 6.07) is 11.8. The summed E-state index contributed by atoms with van der Waals surface area (Å²) in [7, 11) is -2.31. The van der Waals surface area contributed by atoms with Crippen molar-refractivity contribution in [3.05, 3.63) is 66.7 Å². The Balaban J connectivity index is 1.56. The van der Waals surface area contributed by atoms with Crippen LogP contribution in [0.1, 0.15) is 12.8 Å². The summed E-state index contributed by atoms with van der Waals surface area (Å²) in [5.41, 5.74) is 1.25. The first kappa shape index (κ1) is 20.6. The molecule has 1 N–H and O–H groups in total. The van der Waals surface area contributed by atoms with Crippen molar-refractivity contribution >= 4 is 21.6 Å². The minimum atomic E-state index is -3.73. The van der Waals surface area contributed by atoms with Crippen LogP contribution < -0.4 is 5.32 Å². The van der Waals surface area contributed by atoms with Crippen LogP contribution in [0.15, 0.2) is 65.8 Å². The number of carbonyl (C=O) groups excluding carboxylic acids is 1. The van der Waals surface area contributed by atoms with Crippen LogP contribution >= 0.6 is 0 Å². The van der Waals surface area contributed by atoms with Gasteiger partial charge in [0.2, 0.25) is 15.9 Å². The number of hydrogen-bond acceptors (Lipinski definition) is 5. The largest absolute Gasteiger partial charge is 0.324 e. The number of nitrogens with zero attached hydrogens (tertiary/aromatic N) is 4. The monoisotopic (exact) mass is 417 g/mol. The summed E-state index contributed by atoms with van der Waals surface area (Å²) in [5, 5.41) is 10.5. The topological polar surface area (TPSA) is 97.2 Å². The van der Waals surface area contributed by atoms with Crippen LogP contribution in [-0.4, -0.2) is 47.2 Å². The van der Waals surface area contributed by atoms with Gasteiger partial charge in [-0.25, -0.2) is 21.8 Å². The normalized spacial score (nSPS) is 11.6. The predicted molar refractivity (Wildman–Crippen MR) is 105 cm³/mol. The third-order valence-electron chi connectivity index (χ3n) is 4.25. The van der Waals surface area contributed by atoms with E-state index in [1.807, 2.05) is 6.07 Å². The van der Waals surface area contributed by atoms with E-state index in [9.17, 15) is 17.6 Å². The molecule has 2 aromatic carbocycles. The second-order valence-corrected chi connectivity index (χ2v) is 8.34. The highest BCUT2D eigenvalue weighted by Gasteiger charge is 2.20. The molecule has 152 valence electrons. The number of halogens is 1. The van der Waals surface area contributed by atoms with Gasteiger partial charge in [-0.2, -0.15) is 0 Å². The van der Waals surface area contributed by atoms with Gasteiger partial charge in [0.1, 0.15) is 5.82 Å². The van der Waals surface area contributed by atoms with E-state index in [2.05, 4.69) is 15.6 Å². The van der Waals surface area contributed by atoms with Crippen LogP contribution in [0.3, 0.4) is 0 Å². The molecule has 0 saturated carbocycles. The molecule has 29 heavy (non-hydrogen) atoms. The van der Waals surface area contributed by atoms with Crippen LogP contribution in [-0.2, 0) is 14.8 Å². The van der Waals surface area contributed by atoms with Crippen LogP contribution in [0.5, 0.6) is 0 Å². The first-order valence-electron chi connectivity index (χ1n) is 8.85. The molecule has 0 saturated heterocycles. The lowest BCUT2D eigenvalue weighted by atomic mass is 10.2. The standard InChI is InChI=1S/C19H20FN5O3S/c1-24(29(27,28)16-10-8-15(20)9-11-16)13-4-7-19(26)22-17-5-2-3-6-18(17)25-14-12-21-23-25/h2-3,5-6,8-12,14H,4,7,13H2,1H3,(H,22,26). The summed E-state index contributed by atoms with van der Waals surface area (Å²) in [5.74, 6) is -0.750. The maximum absolute atomic E-state index is 13.0. The molecule has 0 fully saturated rings. The minimum absolute atomic E-state index is 0.00705. The zero-order valence-electron chi connectivity index (χ0n) is 15.7. The van der Waals surface area contributed by atoms with E-state index in [-0.39, 0.29) is 23.8 Å². The number of anilines is 1. The first-order chi connectivity index (χ1) is 13.9. The number of nitrogens with one attached hydrogen (secondary N) is 1. The number of hydrogen-bond donors (Lipinski definition) is 1. The zero-order valence-corrected chi connectivity index (χ0v) is 16.5. The first-order valence-corrected chi connectivity index (χ1v) is 10.3. The Hall–Kier alpha value is -3.11. The molecule has 0 aliphatic heterocycles. The van der Waals surface area contributed by atoms with Gasteiger partial charge < -0.3 is 5.32 Å². The molecule has 3 aromatic rings. The number of amides is 1. The lowest BCUT2D eigenvalue weighted by Crippen LogP contribution is -2.28. The lowest BCUT2D eigenvalue weighted by Gasteiger charge is -2.17. The van der Waals surface area contributed by atoms with E-state index in [0.717, 1.165) is 16.4 Å². The van der Waals surface area contributed by atoms with Crippen molar-refractivity contribution in [2.75, 3.05) is 18.9 Å². The average Bonchev–Trinajstić information content (AvgIpc) is 3.23. The maximum atomic E-state index is 13.0. The number of rotatable bonds is 8. The van der Waals surface area contributed by atoms with Gasteiger partial charge >= 0.3 is 0 Å². The van der Waals surface area contributed by atoms with Gasteiger partial charge in [-0.1, -0.05) is 17.3 Å². The fourth-order valence-electron chi connectivity index (χ4n) is 2.70. The average molecular weight is 417 g/mol. The Morgan fingerprint density at radius 1 is 1.17 bits per heavy atom. The van der Waals surface area contributed by atoms with Gasteiger partial charge in [0, 0.05) is 20.0 Å². The van der Waals surface area contributed by atoms with Crippen molar-refractivity contribution in [1.82, 2.24) is 19.3 Å². The molecule has 1 heterocycles. The summed E-state index contributed by atoms with van der Waals surface area (Å²) in [4.78, 5) is 12.3. The van der Waals surface area contributed by atoms with Gasteiger partial charge in [0.25, 0.3) is 0 Å². The molecule has 0 aliphatic rings. The Morgan fingerprint density at radius 3 is 2.59 bits per heavy atom. The van der Waals surface area contributed by atoms with Crippen LogP contribution in [0, 0.1) is 5.82 Å². The molecule has 0 spiro atoms. The van der Waals surface area contributed by atoms with Crippen molar-refractivity contribution in [2.45, 2.75) is 17.7 Å². The fourth-order valence-corrected chi connectivity index (χ4v) is 3.91. The number of para-hydroxylation sites is 2. The van der Waals surface area contributed by atoms with E-state index in [4.69, 9.17) is 0 Å². The molecule has 10 heteroatoms. The second kappa shape index (κ2) is 8.93. The lowest BCUT2D eigenvalue weighted by molar-refractivity contribution is -0.116. The molecule has 0 radical (unpaired) electrons. The van der Waals surface area contributed by atoms with Gasteiger partial charge in [-0.15, -0.1) is 5.10 Å². The molecule has 1 amide bonds. The number of aromatic nitrogens is 3. The van der Waals surface area contributed by atoms with E-state index >= 15 is 0 Å². The van der Waals surface area contributed by atoms with E-state index in [0.29, 0.717) is 17.8 Å². The van der Waals surface area contributed by atoms with E-state index in [1.54, 1.807) is 29.1 Å². The van der Waals surface area contributed by atoms with Crippen molar-refractivity contribution in [3.8, 4) is 5.69 Å². The van der Waals surface area contributed by atoms with Gasteiger partial charge in [-0.3, -0.25) is 4.79 Å². The highest BCUT2D eigenvalue weighted by molar-refractivity contribution is 7.89. The van der Waals surface area contributed by atoms with Crippen molar-refractivity contribution in [1.29, 1.82) is 0 Å². The number of sulfonamides is 1. The van der Waals surface area contributed by atoms with E-state index in [1.165, 1.54) is 25.4 Å². The van der Waals surface area contributed by atoms with Crippen LogP contribution in [0.2, 0.25) is 0 Å². The predicted octanol–water partition coefficient (Wildman–Crippen LogP) is 2.45. The third-order valence-corrected chi connectivity index (χ3v) is 6.12. The number of carbonyl (C=O) groups is 1. The summed E-state index contributed by atoms with van der Waals surface area (Å²) in [6.45, 7) is 0.151. The van der Waals surface area contributed by atoms with Gasteiger partial charge in [0.05, 0.1) is 28.7 Å². The Morgan fingerprint density at radius 2 is 1.90 bits per heavy atom. The Bertz CT molecular complexity index is 1070. The Kier molecular flexibility index (Phi) is 6.35. The molecule has 1 aromatic heterocycles. The molecular formula is C19H20FN5O3S. The second-order valence-electron chi connectivity index (χ2n) is 6.30. The van der Waals surface area contributed by atoms with Gasteiger partial charge in [0.15, 0.2) is 0 Å². The maximum Gasteiger partial charge on any atom is 0.242 e. The highest BCUT2D eigenvalue weighted by Crippen LogP contribution is 2.19. The zero-order chi connectivity index (χ0) is 20.9.